The highest BCUT2D eigenvalue weighted by molar-refractivity contribution is 5.76. The molecule has 0 spiro atoms. The van der Waals surface area contributed by atoms with Crippen molar-refractivity contribution in [2.75, 3.05) is 13.7 Å². The van der Waals surface area contributed by atoms with Gasteiger partial charge in [-0.05, 0) is 25.1 Å². The predicted octanol–water partition coefficient (Wildman–Crippen LogP) is 2.79. The molecule has 1 atom stereocenters. The Bertz CT molecular complexity index is 390. The van der Waals surface area contributed by atoms with Gasteiger partial charge < -0.3 is 14.7 Å². The third-order valence-electron chi connectivity index (χ3n) is 2.52. The van der Waals surface area contributed by atoms with Crippen molar-refractivity contribution in [1.29, 1.82) is 0 Å². The van der Waals surface area contributed by atoms with E-state index < -0.39 is 0 Å². The fourth-order valence-electron chi connectivity index (χ4n) is 1.45. The largest absolute Gasteiger partial charge is 0.624 e. The molecule has 1 aromatic carbocycles. The minimum absolute atomic E-state index is 0.302. The maximum absolute atomic E-state index is 11.6. The van der Waals surface area contributed by atoms with E-state index in [1.807, 2.05) is 31.2 Å². The summed E-state index contributed by atoms with van der Waals surface area (Å²) in [4.78, 5) is 0. The van der Waals surface area contributed by atoms with Crippen LogP contribution in [0.5, 0.6) is 5.75 Å². The first-order valence-corrected chi connectivity index (χ1v) is 6.24. The van der Waals surface area contributed by atoms with E-state index >= 15 is 0 Å². The summed E-state index contributed by atoms with van der Waals surface area (Å²) in [6.45, 7) is 4.40. The second kappa shape index (κ2) is 7.71. The van der Waals surface area contributed by atoms with Gasteiger partial charge in [-0.25, -0.2) is 4.74 Å². The van der Waals surface area contributed by atoms with E-state index in [1.54, 1.807) is 13.3 Å². The lowest BCUT2D eigenvalue weighted by Crippen LogP contribution is -2.13. The van der Waals surface area contributed by atoms with Crippen LogP contribution in [0.2, 0.25) is 0 Å². The van der Waals surface area contributed by atoms with Gasteiger partial charge in [0.2, 0.25) is 0 Å². The van der Waals surface area contributed by atoms with E-state index in [0.717, 1.165) is 23.1 Å². The molecule has 1 unspecified atom stereocenters. The van der Waals surface area contributed by atoms with Crippen molar-refractivity contribution in [1.82, 2.24) is 0 Å². The average molecular weight is 251 g/mol. The Balaban J connectivity index is 2.69. The number of unbranched alkanes of at least 4 members (excludes halogenated alkanes) is 1. The number of rotatable bonds is 7. The highest BCUT2D eigenvalue weighted by Crippen LogP contribution is 2.14. The molecule has 0 aliphatic heterocycles. The number of ether oxygens (including phenoxy) is 2. The van der Waals surface area contributed by atoms with Crippen LogP contribution in [0.1, 0.15) is 32.3 Å². The Morgan fingerprint density at radius 1 is 1.44 bits per heavy atom. The molecule has 4 nitrogen and oxygen atoms in total. The van der Waals surface area contributed by atoms with Gasteiger partial charge in [0, 0.05) is 19.1 Å². The first-order chi connectivity index (χ1) is 8.65. The van der Waals surface area contributed by atoms with Crippen molar-refractivity contribution in [2.45, 2.75) is 33.0 Å². The molecule has 0 saturated carbocycles. The molecule has 0 N–H and O–H groups in total. The zero-order valence-electron chi connectivity index (χ0n) is 11.3. The summed E-state index contributed by atoms with van der Waals surface area (Å²) in [6.07, 6.45) is 3.20. The first-order valence-electron chi connectivity index (χ1n) is 6.24. The molecular formula is C14H21NO3. The molecule has 0 radical (unpaired) electrons. The van der Waals surface area contributed by atoms with Crippen LogP contribution in [-0.2, 0) is 4.74 Å². The smallest absolute Gasteiger partial charge is 0.196 e. The third kappa shape index (κ3) is 5.19. The number of hydrogen-bond donors (Lipinski definition) is 0. The van der Waals surface area contributed by atoms with Crippen molar-refractivity contribution in [3.05, 3.63) is 35.0 Å². The van der Waals surface area contributed by atoms with E-state index in [1.165, 1.54) is 0 Å². The second-order valence-corrected chi connectivity index (χ2v) is 4.12. The van der Waals surface area contributed by atoms with Crippen LogP contribution in [0, 0.1) is 5.21 Å². The summed E-state index contributed by atoms with van der Waals surface area (Å²) < 4.78 is 11.5. The number of methoxy groups -OCH3 is 1. The highest BCUT2D eigenvalue weighted by Gasteiger charge is 2.03. The van der Waals surface area contributed by atoms with Crippen LogP contribution < -0.4 is 4.74 Å². The van der Waals surface area contributed by atoms with Gasteiger partial charge in [-0.15, -0.1) is 0 Å². The van der Waals surface area contributed by atoms with E-state index in [4.69, 9.17) is 9.47 Å². The van der Waals surface area contributed by atoms with Crippen LogP contribution >= 0.6 is 0 Å². The number of hydroxylamine groups is 1. The first kappa shape index (κ1) is 14.5. The summed E-state index contributed by atoms with van der Waals surface area (Å²) in [5.41, 5.74) is 0.835. The molecular weight excluding hydrogens is 230 g/mol. The quantitative estimate of drug-likeness (QED) is 0.246. The zero-order valence-corrected chi connectivity index (χ0v) is 11.3. The van der Waals surface area contributed by atoms with Gasteiger partial charge >= 0.3 is 0 Å². The summed E-state index contributed by atoms with van der Waals surface area (Å²) >= 11 is 0. The van der Waals surface area contributed by atoms with E-state index in [-0.39, 0.29) is 6.29 Å². The predicted molar refractivity (Wildman–Crippen MR) is 72.1 cm³/mol. The van der Waals surface area contributed by atoms with E-state index in [9.17, 15) is 5.21 Å². The van der Waals surface area contributed by atoms with Gasteiger partial charge in [0.25, 0.3) is 0 Å². The Kier molecular flexibility index (Phi) is 6.22. The maximum atomic E-state index is 11.6. The molecule has 0 aliphatic carbocycles. The van der Waals surface area contributed by atoms with Crippen LogP contribution in [0.3, 0.4) is 0 Å². The van der Waals surface area contributed by atoms with Gasteiger partial charge in [0.05, 0.1) is 0 Å². The standard InChI is InChI=1S/C14H21NO3/c1-4-5-9-15(16)11-13-7-6-8-14(10-13)18-12(2)17-3/h6-8,10-12H,4-5,9H2,1-3H3. The Hall–Kier alpha value is -1.55. The van der Waals surface area contributed by atoms with Gasteiger partial charge in [0.15, 0.2) is 19.0 Å². The molecule has 18 heavy (non-hydrogen) atoms. The molecule has 0 heterocycles. The van der Waals surface area contributed by atoms with Crippen molar-refractivity contribution >= 4 is 6.21 Å². The normalized spacial score (nSPS) is 13.4. The molecule has 4 heteroatoms. The lowest BCUT2D eigenvalue weighted by atomic mass is 10.2. The van der Waals surface area contributed by atoms with Crippen LogP contribution in [0.25, 0.3) is 0 Å². The summed E-state index contributed by atoms with van der Waals surface area (Å²) in [7, 11) is 1.59. The Morgan fingerprint density at radius 2 is 2.22 bits per heavy atom. The SMILES string of the molecule is CCCC[N+]([O-])=Cc1cccc(OC(C)OC)c1. The molecule has 0 aliphatic rings. The van der Waals surface area contributed by atoms with Gasteiger partial charge in [-0.2, -0.15) is 0 Å². The molecule has 0 bridgehead atoms. The Morgan fingerprint density at radius 3 is 2.89 bits per heavy atom. The summed E-state index contributed by atoms with van der Waals surface area (Å²) in [5.74, 6) is 0.696. The number of benzene rings is 1. The lowest BCUT2D eigenvalue weighted by Gasteiger charge is -2.12. The van der Waals surface area contributed by atoms with Crippen molar-refractivity contribution in [3.63, 3.8) is 0 Å². The third-order valence-corrected chi connectivity index (χ3v) is 2.52. The minimum atomic E-state index is -0.302. The molecule has 1 rings (SSSR count). The molecule has 0 amide bonds. The fourth-order valence-corrected chi connectivity index (χ4v) is 1.45. The van der Waals surface area contributed by atoms with Crippen molar-refractivity contribution in [3.8, 4) is 5.75 Å². The molecule has 0 aromatic heterocycles. The second-order valence-electron chi connectivity index (χ2n) is 4.12. The number of hydrogen-bond acceptors (Lipinski definition) is 3. The van der Waals surface area contributed by atoms with Crippen LogP contribution in [0.4, 0.5) is 0 Å². The van der Waals surface area contributed by atoms with Gasteiger partial charge in [0.1, 0.15) is 5.75 Å². The van der Waals surface area contributed by atoms with Crippen molar-refractivity contribution in [2.24, 2.45) is 0 Å². The monoisotopic (exact) mass is 251 g/mol. The molecule has 1 aromatic rings. The van der Waals surface area contributed by atoms with Crippen LogP contribution in [0.15, 0.2) is 24.3 Å². The minimum Gasteiger partial charge on any atom is -0.624 e. The average Bonchev–Trinajstić information content (AvgIpc) is 2.36. The van der Waals surface area contributed by atoms with Crippen LogP contribution in [-0.4, -0.2) is 30.9 Å². The molecule has 100 valence electrons. The van der Waals surface area contributed by atoms with Crippen molar-refractivity contribution < 1.29 is 14.2 Å². The van der Waals surface area contributed by atoms with Gasteiger partial charge in [-0.3, -0.25) is 0 Å². The van der Waals surface area contributed by atoms with E-state index in [2.05, 4.69) is 6.92 Å². The summed E-state index contributed by atoms with van der Waals surface area (Å²) in [6, 6.07) is 7.40. The topological polar surface area (TPSA) is 44.5 Å². The Labute approximate surface area is 108 Å². The lowest BCUT2D eigenvalue weighted by molar-refractivity contribution is -0.452. The molecule has 0 fully saturated rings. The molecule has 0 saturated heterocycles. The highest BCUT2D eigenvalue weighted by atomic mass is 16.7. The maximum Gasteiger partial charge on any atom is 0.196 e. The van der Waals surface area contributed by atoms with E-state index in [0.29, 0.717) is 12.3 Å². The zero-order chi connectivity index (χ0) is 13.4. The summed E-state index contributed by atoms with van der Waals surface area (Å²) in [5, 5.41) is 11.6. The van der Waals surface area contributed by atoms with Gasteiger partial charge in [-0.1, -0.05) is 19.4 Å². The number of nitrogens with zero attached hydrogens (tertiary/aromatic N) is 1. The fraction of sp³-hybridized carbons (Fsp3) is 0.500.